The minimum Gasteiger partial charge on any atom is -0.289 e. The molecule has 5 heteroatoms. The summed E-state index contributed by atoms with van der Waals surface area (Å²) in [6.45, 7) is 20.7. The summed E-state index contributed by atoms with van der Waals surface area (Å²) in [7, 11) is 0. The second-order valence-electron chi connectivity index (χ2n) is 15.7. The van der Waals surface area contributed by atoms with Gasteiger partial charge in [-0.1, -0.05) is 110 Å². The molecule has 0 fully saturated rings. The molecule has 0 amide bonds. The number of allylic oxidation sites excluding steroid dienone is 10. The molecule has 2 aliphatic carbocycles. The van der Waals surface area contributed by atoms with Gasteiger partial charge in [0.1, 0.15) is 0 Å². The molecule has 1 aromatic heterocycles. The summed E-state index contributed by atoms with van der Waals surface area (Å²) in [4.78, 5) is 29.3. The molecule has 0 atom stereocenters. The first-order valence-corrected chi connectivity index (χ1v) is 17.9. The van der Waals surface area contributed by atoms with Crippen molar-refractivity contribution in [2.45, 2.75) is 69.2 Å². The van der Waals surface area contributed by atoms with Crippen molar-refractivity contribution in [3.63, 3.8) is 0 Å². The molecule has 0 saturated carbocycles. The molecule has 1 heterocycles. The number of carbonyl (C=O) groups excluding carboxylic acids is 2. The van der Waals surface area contributed by atoms with Crippen LogP contribution in [0.25, 0.3) is 11.1 Å². The van der Waals surface area contributed by atoms with Gasteiger partial charge in [-0.2, -0.15) is 0 Å². The van der Waals surface area contributed by atoms with E-state index in [-0.39, 0.29) is 27.8 Å². The van der Waals surface area contributed by atoms with Gasteiger partial charge in [-0.25, -0.2) is 0 Å². The molecule has 0 saturated heterocycles. The predicted octanol–water partition coefficient (Wildman–Crippen LogP) is 12.7. The molecule has 5 rings (SSSR count). The first-order chi connectivity index (χ1) is 22.3. The number of hydrogen-bond acceptors (Lipinski definition) is 3. The lowest BCUT2D eigenvalue weighted by molar-refractivity contribution is -0.114. The third-order valence-electron chi connectivity index (χ3n) is 8.73. The minimum absolute atomic E-state index is 0.0815. The van der Waals surface area contributed by atoms with Gasteiger partial charge in [0.05, 0.1) is 0 Å². The van der Waals surface area contributed by atoms with Crippen molar-refractivity contribution in [2.24, 2.45) is 16.2 Å². The second kappa shape index (κ2) is 13.1. The molecule has 0 radical (unpaired) electrons. The molecule has 0 N–H and O–H groups in total. The molecule has 0 aliphatic heterocycles. The van der Waals surface area contributed by atoms with Crippen molar-refractivity contribution in [1.29, 1.82) is 0 Å². The van der Waals surface area contributed by atoms with Crippen LogP contribution in [0.5, 0.6) is 0 Å². The van der Waals surface area contributed by atoms with Crippen LogP contribution in [-0.4, -0.2) is 11.6 Å². The van der Waals surface area contributed by atoms with Crippen LogP contribution in [0.15, 0.2) is 118 Å². The summed E-state index contributed by atoms with van der Waals surface area (Å²) >= 11 is 14.4. The van der Waals surface area contributed by atoms with E-state index in [0.717, 1.165) is 65.5 Å². The average Bonchev–Trinajstić information content (AvgIpc) is 3.45. The molecule has 48 heavy (non-hydrogen) atoms. The molecular weight excluding hydrogens is 651 g/mol. The van der Waals surface area contributed by atoms with Crippen molar-refractivity contribution in [3.05, 3.63) is 149 Å². The Morgan fingerprint density at radius 1 is 0.500 bits per heavy atom. The zero-order valence-corrected chi connectivity index (χ0v) is 31.9. The number of carbonyl (C=O) groups is 2. The molecular formula is C43H44Cl2O2S. The van der Waals surface area contributed by atoms with Gasteiger partial charge < -0.3 is 0 Å². The van der Waals surface area contributed by atoms with Crippen LogP contribution < -0.4 is 0 Å². The zero-order valence-electron chi connectivity index (χ0n) is 29.6. The second-order valence-corrected chi connectivity index (χ2v) is 17.7. The Balaban J connectivity index is 1.83. The Labute approximate surface area is 300 Å². The fraction of sp³-hybridized carbons (Fsp3) is 0.302. The third kappa shape index (κ3) is 7.39. The van der Waals surface area contributed by atoms with Crippen LogP contribution in [0.2, 0.25) is 10.0 Å². The van der Waals surface area contributed by atoms with Gasteiger partial charge >= 0.3 is 0 Å². The fourth-order valence-electron chi connectivity index (χ4n) is 6.10. The van der Waals surface area contributed by atoms with Crippen LogP contribution >= 0.6 is 34.5 Å². The molecule has 3 aromatic rings. The molecule has 2 nitrogen and oxygen atoms in total. The van der Waals surface area contributed by atoms with E-state index in [1.165, 1.54) is 0 Å². The van der Waals surface area contributed by atoms with Crippen molar-refractivity contribution in [1.82, 2.24) is 0 Å². The van der Waals surface area contributed by atoms with Crippen LogP contribution in [0.1, 0.15) is 90.1 Å². The highest BCUT2D eigenvalue weighted by molar-refractivity contribution is 7.14. The number of Topliss-reactive ketones (excluding diaryl/α,β-unsaturated/α-hetero) is 2. The van der Waals surface area contributed by atoms with Gasteiger partial charge in [0.15, 0.2) is 11.6 Å². The first-order valence-electron chi connectivity index (χ1n) is 16.3. The maximum atomic E-state index is 13.9. The Morgan fingerprint density at radius 3 is 1.19 bits per heavy atom. The fourth-order valence-corrected chi connectivity index (χ4v) is 7.54. The van der Waals surface area contributed by atoms with E-state index in [9.17, 15) is 9.59 Å². The number of ketones is 2. The van der Waals surface area contributed by atoms with E-state index in [1.54, 1.807) is 11.3 Å². The van der Waals surface area contributed by atoms with Crippen LogP contribution in [0, 0.1) is 16.2 Å². The van der Waals surface area contributed by atoms with E-state index in [0.29, 0.717) is 10.0 Å². The Morgan fingerprint density at radius 2 is 0.833 bits per heavy atom. The summed E-state index contributed by atoms with van der Waals surface area (Å²) in [6.07, 6.45) is 8.22. The highest BCUT2D eigenvalue weighted by Gasteiger charge is 2.35. The van der Waals surface area contributed by atoms with Crippen molar-refractivity contribution in [3.8, 4) is 0 Å². The summed E-state index contributed by atoms with van der Waals surface area (Å²) in [5.74, 6) is 0.185. The lowest BCUT2D eigenvalue weighted by atomic mass is 9.71. The van der Waals surface area contributed by atoms with Crippen molar-refractivity contribution in [2.75, 3.05) is 0 Å². The summed E-state index contributed by atoms with van der Waals surface area (Å²) in [5, 5.41) is 1.33. The smallest absolute Gasteiger partial charge is 0.186 e. The van der Waals surface area contributed by atoms with E-state index in [4.69, 9.17) is 23.2 Å². The first kappa shape index (κ1) is 35.8. The maximum Gasteiger partial charge on any atom is 0.186 e. The number of benzene rings is 2. The summed E-state index contributed by atoms with van der Waals surface area (Å²) in [5.41, 5.74) is 8.18. The zero-order chi connectivity index (χ0) is 35.3. The van der Waals surface area contributed by atoms with E-state index in [1.807, 2.05) is 61.5 Å². The largest absolute Gasteiger partial charge is 0.289 e. The highest BCUT2D eigenvalue weighted by Crippen LogP contribution is 2.45. The Hall–Kier alpha value is -3.50. The molecule has 0 bridgehead atoms. The van der Waals surface area contributed by atoms with Crippen LogP contribution in [0.4, 0.5) is 0 Å². The third-order valence-corrected chi connectivity index (χ3v) is 10.4. The normalized spacial score (nSPS) is 17.1. The van der Waals surface area contributed by atoms with E-state index in [2.05, 4.69) is 92.7 Å². The lowest BCUT2D eigenvalue weighted by Crippen LogP contribution is -2.28. The number of thiophene rings is 1. The standard InChI is InChI=1S/C43H44Cl2O2S/c1-25-21-28(22-32(39(25)46)41(2,3)4)37(26-11-15-30(44)16-12-26)35-19-20-36(48-35)38(27-13-17-31(45)18-14-27)29-23-33(42(5,6)7)40(47)34(24-29)43(8,9)10/h11-24H,1-10H3/b37-28-. The molecule has 0 spiro atoms. The number of halogens is 2. The van der Waals surface area contributed by atoms with Gasteiger partial charge in [0.25, 0.3) is 0 Å². The predicted molar refractivity (Wildman–Crippen MR) is 206 cm³/mol. The highest BCUT2D eigenvalue weighted by atomic mass is 35.5. The summed E-state index contributed by atoms with van der Waals surface area (Å²) in [6, 6.07) is 20.1. The van der Waals surface area contributed by atoms with Gasteiger partial charge in [-0.05, 0) is 112 Å². The number of rotatable bonds is 4. The quantitative estimate of drug-likeness (QED) is 0.272. The van der Waals surface area contributed by atoms with Crippen LogP contribution in [-0.2, 0) is 9.59 Å². The minimum atomic E-state index is -0.343. The topological polar surface area (TPSA) is 34.1 Å². The lowest BCUT2D eigenvalue weighted by Gasteiger charge is -2.32. The Kier molecular flexibility index (Phi) is 9.76. The van der Waals surface area contributed by atoms with Crippen LogP contribution in [0.3, 0.4) is 0 Å². The van der Waals surface area contributed by atoms with Crippen molar-refractivity contribution < 1.29 is 9.59 Å². The van der Waals surface area contributed by atoms with E-state index >= 15 is 0 Å². The van der Waals surface area contributed by atoms with Gasteiger partial charge in [-0.15, -0.1) is 11.3 Å². The molecule has 2 aromatic carbocycles. The van der Waals surface area contributed by atoms with Gasteiger partial charge in [0.2, 0.25) is 0 Å². The van der Waals surface area contributed by atoms with Gasteiger partial charge in [0, 0.05) is 47.7 Å². The van der Waals surface area contributed by atoms with Gasteiger partial charge in [-0.3, -0.25) is 9.59 Å². The van der Waals surface area contributed by atoms with Crippen molar-refractivity contribution >= 4 is 57.3 Å². The number of hydrogen-bond donors (Lipinski definition) is 0. The summed E-state index contributed by atoms with van der Waals surface area (Å²) < 4.78 is 0. The monoisotopic (exact) mass is 694 g/mol. The van der Waals surface area contributed by atoms with E-state index < -0.39 is 0 Å². The average molecular weight is 696 g/mol. The Bertz CT molecular complexity index is 1950. The molecule has 2 aliphatic rings. The SMILES string of the molecule is CC1=C/C(=C(\c2ccc(Cl)cc2)c2ccc(C(=C3C=C(C(C)(C)C)C(=O)C(C(C)(C)C)=C3)c3ccc(Cl)cc3)s2)C=C(C(C)(C)C)C1=O. The molecule has 248 valence electrons. The maximum absolute atomic E-state index is 13.9. The molecule has 0 unspecified atom stereocenters.